The molecule has 0 radical (unpaired) electrons. The third kappa shape index (κ3) is 6.27. The van der Waals surface area contributed by atoms with E-state index in [1.807, 2.05) is 31.2 Å². The van der Waals surface area contributed by atoms with Crippen LogP contribution >= 0.6 is 12.4 Å². The Hall–Kier alpha value is -1.63. The number of rotatable bonds is 7. The van der Waals surface area contributed by atoms with Gasteiger partial charge in [0, 0.05) is 39.3 Å². The van der Waals surface area contributed by atoms with E-state index in [4.69, 9.17) is 10.5 Å². The summed E-state index contributed by atoms with van der Waals surface area (Å²) in [7, 11) is 1.65. The summed E-state index contributed by atoms with van der Waals surface area (Å²) in [6.45, 7) is 4.43. The van der Waals surface area contributed by atoms with Gasteiger partial charge in [-0.15, -0.1) is 12.4 Å². The lowest BCUT2D eigenvalue weighted by atomic mass is 9.94. The Morgan fingerprint density at radius 2 is 1.88 bits per heavy atom. The molecule has 0 aromatic heterocycles. The fourth-order valence-corrected chi connectivity index (χ4v) is 3.05. The van der Waals surface area contributed by atoms with Gasteiger partial charge in [-0.1, -0.05) is 29.8 Å². The lowest BCUT2D eigenvalue weighted by Crippen LogP contribution is -2.46. The molecule has 1 fully saturated rings. The SMILES string of the molecule is COCCCNC(=O)C1CCN(C(=O)C(N)c2ccc(C)cc2)CC1.Cl. The molecule has 1 atom stereocenters. The molecule has 3 N–H and O–H groups in total. The van der Waals surface area contributed by atoms with Crippen LogP contribution in [0.1, 0.15) is 36.4 Å². The quantitative estimate of drug-likeness (QED) is 0.703. The first kappa shape index (κ1) is 22.4. The number of carbonyl (C=O) groups is 2. The predicted octanol–water partition coefficient (Wildman–Crippen LogP) is 1.81. The van der Waals surface area contributed by atoms with Gasteiger partial charge in [-0.05, 0) is 31.7 Å². The molecule has 0 saturated carbocycles. The number of hydrogen-bond donors (Lipinski definition) is 2. The first-order valence-corrected chi connectivity index (χ1v) is 8.90. The van der Waals surface area contributed by atoms with E-state index in [2.05, 4.69) is 5.32 Å². The van der Waals surface area contributed by atoms with Gasteiger partial charge in [-0.25, -0.2) is 0 Å². The average molecular weight is 384 g/mol. The van der Waals surface area contributed by atoms with Gasteiger partial charge >= 0.3 is 0 Å². The van der Waals surface area contributed by atoms with Crippen LogP contribution in [0.4, 0.5) is 0 Å². The van der Waals surface area contributed by atoms with Crippen molar-refractivity contribution in [3.05, 3.63) is 35.4 Å². The van der Waals surface area contributed by atoms with Crippen LogP contribution in [0.2, 0.25) is 0 Å². The molecule has 26 heavy (non-hydrogen) atoms. The van der Waals surface area contributed by atoms with Crippen molar-refractivity contribution in [1.82, 2.24) is 10.2 Å². The third-order valence-electron chi connectivity index (χ3n) is 4.70. The highest BCUT2D eigenvalue weighted by Gasteiger charge is 2.29. The molecule has 1 aliphatic rings. The molecule has 1 aromatic carbocycles. The van der Waals surface area contributed by atoms with E-state index >= 15 is 0 Å². The molecule has 2 amide bonds. The first-order chi connectivity index (χ1) is 12.0. The van der Waals surface area contributed by atoms with Crippen LogP contribution in [0.5, 0.6) is 0 Å². The Kier molecular flexibility index (Phi) is 9.62. The maximum absolute atomic E-state index is 12.6. The van der Waals surface area contributed by atoms with E-state index < -0.39 is 6.04 Å². The number of benzene rings is 1. The number of amides is 2. The molecular weight excluding hydrogens is 354 g/mol. The predicted molar refractivity (Wildman–Crippen MR) is 104 cm³/mol. The monoisotopic (exact) mass is 383 g/mol. The summed E-state index contributed by atoms with van der Waals surface area (Å²) < 4.78 is 4.97. The van der Waals surface area contributed by atoms with E-state index in [0.717, 1.165) is 17.5 Å². The Morgan fingerprint density at radius 3 is 2.46 bits per heavy atom. The molecule has 0 spiro atoms. The fraction of sp³-hybridized carbons (Fsp3) is 0.579. The molecule has 0 bridgehead atoms. The van der Waals surface area contributed by atoms with Gasteiger partial charge in [0.25, 0.3) is 0 Å². The van der Waals surface area contributed by atoms with Gasteiger partial charge in [0.05, 0.1) is 0 Å². The maximum Gasteiger partial charge on any atom is 0.244 e. The zero-order valence-corrected chi connectivity index (χ0v) is 16.4. The van der Waals surface area contributed by atoms with Gasteiger partial charge in [-0.2, -0.15) is 0 Å². The zero-order chi connectivity index (χ0) is 18.2. The number of hydrogen-bond acceptors (Lipinski definition) is 4. The number of piperidine rings is 1. The largest absolute Gasteiger partial charge is 0.385 e. The fourth-order valence-electron chi connectivity index (χ4n) is 3.05. The van der Waals surface area contributed by atoms with Crippen LogP contribution in [0.15, 0.2) is 24.3 Å². The van der Waals surface area contributed by atoms with Crippen molar-refractivity contribution in [2.24, 2.45) is 11.7 Å². The van der Waals surface area contributed by atoms with Gasteiger partial charge in [0.1, 0.15) is 6.04 Å². The normalized spacial score (nSPS) is 15.9. The summed E-state index contributed by atoms with van der Waals surface area (Å²) in [5, 5.41) is 2.94. The van der Waals surface area contributed by atoms with Crippen molar-refractivity contribution < 1.29 is 14.3 Å². The van der Waals surface area contributed by atoms with Crippen LogP contribution < -0.4 is 11.1 Å². The van der Waals surface area contributed by atoms with Crippen molar-refractivity contribution in [3.8, 4) is 0 Å². The van der Waals surface area contributed by atoms with E-state index in [1.165, 1.54) is 0 Å². The van der Waals surface area contributed by atoms with Gasteiger partial charge in [0.2, 0.25) is 11.8 Å². The number of halogens is 1. The van der Waals surface area contributed by atoms with Gasteiger partial charge < -0.3 is 20.7 Å². The van der Waals surface area contributed by atoms with E-state index in [1.54, 1.807) is 12.0 Å². The van der Waals surface area contributed by atoms with Crippen LogP contribution in [0.3, 0.4) is 0 Å². The van der Waals surface area contributed by atoms with Crippen molar-refractivity contribution in [1.29, 1.82) is 0 Å². The topological polar surface area (TPSA) is 84.7 Å². The second kappa shape index (κ2) is 11.2. The van der Waals surface area contributed by atoms with Crippen molar-refractivity contribution in [3.63, 3.8) is 0 Å². The number of carbonyl (C=O) groups excluding carboxylic acids is 2. The highest BCUT2D eigenvalue weighted by molar-refractivity contribution is 5.85. The summed E-state index contributed by atoms with van der Waals surface area (Å²) in [5.74, 6) is -0.0176. The van der Waals surface area contributed by atoms with Crippen LogP contribution in [-0.2, 0) is 14.3 Å². The summed E-state index contributed by atoms with van der Waals surface area (Å²) in [6, 6.07) is 7.08. The molecule has 1 saturated heterocycles. The smallest absolute Gasteiger partial charge is 0.244 e. The van der Waals surface area contributed by atoms with E-state index in [9.17, 15) is 9.59 Å². The highest BCUT2D eigenvalue weighted by atomic mass is 35.5. The van der Waals surface area contributed by atoms with Crippen LogP contribution in [-0.4, -0.2) is 50.1 Å². The maximum atomic E-state index is 12.6. The van der Waals surface area contributed by atoms with Crippen LogP contribution in [0.25, 0.3) is 0 Å². The number of methoxy groups -OCH3 is 1. The lowest BCUT2D eigenvalue weighted by molar-refractivity contribution is -0.136. The first-order valence-electron chi connectivity index (χ1n) is 8.90. The molecule has 6 nitrogen and oxygen atoms in total. The average Bonchev–Trinajstić information content (AvgIpc) is 2.64. The van der Waals surface area contributed by atoms with Crippen molar-refractivity contribution in [2.75, 3.05) is 33.4 Å². The standard InChI is InChI=1S/C19H29N3O3.ClH/c1-14-4-6-15(7-5-14)17(20)19(24)22-11-8-16(9-12-22)18(23)21-10-3-13-25-2;/h4-7,16-17H,3,8-13,20H2,1-2H3,(H,21,23);1H. The minimum Gasteiger partial charge on any atom is -0.385 e. The van der Waals surface area contributed by atoms with Crippen molar-refractivity contribution >= 4 is 24.2 Å². The van der Waals surface area contributed by atoms with Gasteiger partial charge in [-0.3, -0.25) is 9.59 Å². The molecule has 1 aliphatic heterocycles. The molecule has 2 rings (SSSR count). The molecule has 1 unspecified atom stereocenters. The zero-order valence-electron chi connectivity index (χ0n) is 15.6. The molecule has 0 aliphatic carbocycles. The summed E-state index contributed by atoms with van der Waals surface area (Å²) in [4.78, 5) is 26.5. The van der Waals surface area contributed by atoms with E-state index in [0.29, 0.717) is 39.1 Å². The third-order valence-corrected chi connectivity index (χ3v) is 4.70. The second-order valence-corrected chi connectivity index (χ2v) is 6.63. The number of likely N-dealkylation sites (tertiary alicyclic amines) is 1. The van der Waals surface area contributed by atoms with Crippen molar-refractivity contribution in [2.45, 2.75) is 32.2 Å². The minimum absolute atomic E-state index is 0. The molecule has 1 aromatic rings. The summed E-state index contributed by atoms with van der Waals surface area (Å²) >= 11 is 0. The summed E-state index contributed by atoms with van der Waals surface area (Å²) in [5.41, 5.74) is 8.09. The van der Waals surface area contributed by atoms with Crippen LogP contribution in [0, 0.1) is 12.8 Å². The Bertz CT molecular complexity index is 572. The summed E-state index contributed by atoms with van der Waals surface area (Å²) in [6.07, 6.45) is 2.18. The molecule has 1 heterocycles. The molecular formula is C19H30ClN3O3. The lowest BCUT2D eigenvalue weighted by Gasteiger charge is -2.33. The number of nitrogens with zero attached hydrogens (tertiary/aromatic N) is 1. The number of aryl methyl sites for hydroxylation is 1. The minimum atomic E-state index is -0.639. The molecule has 7 heteroatoms. The Labute approximate surface area is 161 Å². The molecule has 146 valence electrons. The van der Waals surface area contributed by atoms with E-state index in [-0.39, 0.29) is 30.1 Å². The Morgan fingerprint density at radius 1 is 1.27 bits per heavy atom. The second-order valence-electron chi connectivity index (χ2n) is 6.63. The number of nitrogens with one attached hydrogen (secondary N) is 1. The highest BCUT2D eigenvalue weighted by Crippen LogP contribution is 2.21. The Balaban J connectivity index is 0.00000338. The van der Waals surface area contributed by atoms with Gasteiger partial charge in [0.15, 0.2) is 0 Å². The number of ether oxygens (including phenoxy) is 1. The number of nitrogens with two attached hydrogens (primary N) is 1.